The number of rotatable bonds is 0. The predicted octanol–water partition coefficient (Wildman–Crippen LogP) is -0.409. The van der Waals surface area contributed by atoms with Crippen LogP contribution in [0.3, 0.4) is 0 Å². The van der Waals surface area contributed by atoms with Crippen LogP contribution in [0.5, 0.6) is 0 Å². The number of nitrogens with zero attached hydrogens (tertiary/aromatic N) is 1. The van der Waals surface area contributed by atoms with Gasteiger partial charge in [-0.05, 0) is 19.9 Å². The first-order valence-electron chi connectivity index (χ1n) is 4.83. The van der Waals surface area contributed by atoms with Crippen molar-refractivity contribution < 1.29 is 9.84 Å². The molecule has 1 saturated carbocycles. The Morgan fingerprint density at radius 3 is 3.00 bits per heavy atom. The van der Waals surface area contributed by atoms with Gasteiger partial charge in [0.2, 0.25) is 0 Å². The molecule has 1 spiro atoms. The normalized spacial score (nSPS) is 72.0. The molecular weight excluding hydrogens is 154 g/mol. The Hall–Kier alpha value is -0.120. The van der Waals surface area contributed by atoms with Gasteiger partial charge in [-0.2, -0.15) is 0 Å². The van der Waals surface area contributed by atoms with E-state index < -0.39 is 0 Å². The second kappa shape index (κ2) is 1.47. The summed E-state index contributed by atoms with van der Waals surface area (Å²) in [6.45, 7) is 0. The lowest BCUT2D eigenvalue weighted by Gasteiger charge is -2.35. The molecule has 3 aliphatic heterocycles. The third-order valence-electron chi connectivity index (χ3n) is 4.42. The topological polar surface area (TPSA) is 36.0 Å². The first kappa shape index (κ1) is 6.35. The highest BCUT2D eigenvalue weighted by Gasteiger charge is 2.91. The smallest absolute Gasteiger partial charge is 0.118 e. The molecule has 1 aliphatic carbocycles. The zero-order valence-electron chi connectivity index (χ0n) is 7.10. The van der Waals surface area contributed by atoms with Crippen molar-refractivity contribution in [2.45, 2.75) is 42.7 Å². The van der Waals surface area contributed by atoms with Gasteiger partial charge in [0.1, 0.15) is 5.60 Å². The first-order valence-corrected chi connectivity index (χ1v) is 4.83. The number of hydrogen-bond donors (Lipinski definition) is 1. The fraction of sp³-hybridized carbons (Fsp3) is 1.00. The van der Waals surface area contributed by atoms with Gasteiger partial charge in [-0.3, -0.25) is 4.90 Å². The fourth-order valence-corrected chi connectivity index (χ4v) is 3.74. The van der Waals surface area contributed by atoms with Gasteiger partial charge in [0, 0.05) is 18.0 Å². The average molecular weight is 167 g/mol. The lowest BCUT2D eigenvalue weighted by atomic mass is 9.96. The van der Waals surface area contributed by atoms with Gasteiger partial charge >= 0.3 is 0 Å². The summed E-state index contributed by atoms with van der Waals surface area (Å²) in [5.74, 6) is 0.782. The van der Waals surface area contributed by atoms with Gasteiger partial charge in [-0.15, -0.1) is 0 Å². The minimum absolute atomic E-state index is 0.0665. The van der Waals surface area contributed by atoms with Gasteiger partial charge in [0.15, 0.2) is 0 Å². The maximum Gasteiger partial charge on any atom is 0.118 e. The van der Waals surface area contributed by atoms with Crippen molar-refractivity contribution in [1.29, 1.82) is 0 Å². The summed E-state index contributed by atoms with van der Waals surface area (Å²) in [4.78, 5) is 2.43. The van der Waals surface area contributed by atoms with Crippen LogP contribution in [0.2, 0.25) is 0 Å². The Bertz CT molecular complexity index is 267. The third kappa shape index (κ3) is 0.424. The highest BCUT2D eigenvalue weighted by Crippen LogP contribution is 2.76. The van der Waals surface area contributed by atoms with Crippen LogP contribution in [0.25, 0.3) is 0 Å². The minimum atomic E-state index is -0.0665. The molecule has 2 bridgehead atoms. The highest BCUT2D eigenvalue weighted by molar-refractivity contribution is 5.41. The quantitative estimate of drug-likeness (QED) is 0.498. The Morgan fingerprint density at radius 1 is 1.50 bits per heavy atom. The van der Waals surface area contributed by atoms with Gasteiger partial charge in [0.05, 0.1) is 12.2 Å². The van der Waals surface area contributed by atoms with Crippen molar-refractivity contribution in [1.82, 2.24) is 4.90 Å². The molecule has 12 heavy (non-hydrogen) atoms. The number of fused-ring (bicyclic) bond motifs is 4. The Labute approximate surface area is 71.3 Å². The summed E-state index contributed by atoms with van der Waals surface area (Å²) in [7, 11) is 2.18. The Morgan fingerprint density at radius 2 is 2.33 bits per heavy atom. The number of piperidine rings is 2. The summed E-state index contributed by atoms with van der Waals surface area (Å²) < 4.78 is 5.60. The van der Waals surface area contributed by atoms with E-state index in [1.54, 1.807) is 0 Å². The average Bonchev–Trinajstić information content (AvgIpc) is 2.79. The molecule has 3 heteroatoms. The molecule has 4 aliphatic rings. The molecular formula is C9H13NO2. The molecule has 4 rings (SSSR count). The molecule has 0 amide bonds. The fourth-order valence-electron chi connectivity index (χ4n) is 3.74. The monoisotopic (exact) mass is 167 g/mol. The molecule has 3 nitrogen and oxygen atoms in total. The maximum atomic E-state index is 9.60. The Kier molecular flexibility index (Phi) is 0.778. The van der Waals surface area contributed by atoms with E-state index in [9.17, 15) is 5.11 Å². The summed E-state index contributed by atoms with van der Waals surface area (Å²) in [6.07, 6.45) is 2.43. The molecule has 6 unspecified atom stereocenters. The number of likely N-dealkylation sites (N-methyl/N-ethyl adjacent to an activating group) is 1. The van der Waals surface area contributed by atoms with Crippen molar-refractivity contribution >= 4 is 0 Å². The van der Waals surface area contributed by atoms with E-state index in [-0.39, 0.29) is 11.7 Å². The van der Waals surface area contributed by atoms with E-state index in [4.69, 9.17) is 4.74 Å². The van der Waals surface area contributed by atoms with Gasteiger partial charge < -0.3 is 9.84 Å². The zero-order chi connectivity index (χ0) is 8.09. The highest BCUT2D eigenvalue weighted by atomic mass is 16.7. The zero-order valence-corrected chi connectivity index (χ0v) is 7.10. The van der Waals surface area contributed by atoms with Gasteiger partial charge in [-0.25, -0.2) is 0 Å². The van der Waals surface area contributed by atoms with E-state index in [2.05, 4.69) is 11.9 Å². The number of hydrogen-bond acceptors (Lipinski definition) is 3. The van der Waals surface area contributed by atoms with Crippen LogP contribution < -0.4 is 0 Å². The Balaban J connectivity index is 1.78. The first-order chi connectivity index (χ1) is 5.75. The van der Waals surface area contributed by atoms with E-state index in [1.165, 1.54) is 0 Å². The molecule has 6 atom stereocenters. The number of epoxide rings is 1. The van der Waals surface area contributed by atoms with Crippen LogP contribution in [0.15, 0.2) is 0 Å². The summed E-state index contributed by atoms with van der Waals surface area (Å²) in [5.41, 5.74) is 0.247. The summed E-state index contributed by atoms with van der Waals surface area (Å²) in [5, 5.41) is 9.60. The van der Waals surface area contributed by atoms with Gasteiger partial charge in [0.25, 0.3) is 0 Å². The standard InChI is InChI=1S/C9H13NO2/c1-10-5-2-4(11)3-6(10)9-7(5)8(9)12-9/h4-8,11H,2-3H2,1H3. The van der Waals surface area contributed by atoms with Crippen molar-refractivity contribution in [3.05, 3.63) is 0 Å². The molecule has 0 aromatic rings. The lowest BCUT2D eigenvalue weighted by Crippen LogP contribution is -2.46. The molecule has 0 radical (unpaired) electrons. The molecule has 0 aromatic carbocycles. The molecule has 4 fully saturated rings. The number of aliphatic hydroxyl groups excluding tert-OH is 1. The SMILES string of the molecule is CN1C2CC(O)CC1C13OC1C23. The van der Waals surface area contributed by atoms with Crippen molar-refractivity contribution in [2.75, 3.05) is 7.05 Å². The predicted molar refractivity (Wildman–Crippen MR) is 41.7 cm³/mol. The van der Waals surface area contributed by atoms with E-state index >= 15 is 0 Å². The molecule has 66 valence electrons. The van der Waals surface area contributed by atoms with Crippen LogP contribution in [-0.2, 0) is 4.74 Å². The van der Waals surface area contributed by atoms with E-state index in [0.29, 0.717) is 18.2 Å². The molecule has 0 aromatic heterocycles. The summed E-state index contributed by atoms with van der Waals surface area (Å²) in [6, 6.07) is 1.15. The van der Waals surface area contributed by atoms with Crippen LogP contribution in [0, 0.1) is 5.92 Å². The maximum absolute atomic E-state index is 9.60. The van der Waals surface area contributed by atoms with Crippen LogP contribution in [0.1, 0.15) is 12.8 Å². The van der Waals surface area contributed by atoms with Crippen LogP contribution in [-0.4, -0.2) is 46.9 Å². The third-order valence-corrected chi connectivity index (χ3v) is 4.42. The van der Waals surface area contributed by atoms with E-state index in [1.807, 2.05) is 0 Å². The number of ether oxygens (including phenoxy) is 1. The van der Waals surface area contributed by atoms with E-state index in [0.717, 1.165) is 18.8 Å². The van der Waals surface area contributed by atoms with Crippen LogP contribution in [0.4, 0.5) is 0 Å². The van der Waals surface area contributed by atoms with Crippen molar-refractivity contribution in [3.63, 3.8) is 0 Å². The van der Waals surface area contributed by atoms with Crippen molar-refractivity contribution in [3.8, 4) is 0 Å². The molecule has 3 saturated heterocycles. The lowest BCUT2D eigenvalue weighted by molar-refractivity contribution is 0.0368. The molecule has 3 heterocycles. The van der Waals surface area contributed by atoms with Crippen LogP contribution >= 0.6 is 0 Å². The summed E-state index contributed by atoms with van der Waals surface area (Å²) >= 11 is 0. The second-order valence-corrected chi connectivity index (χ2v) is 4.79. The van der Waals surface area contributed by atoms with Crippen molar-refractivity contribution in [2.24, 2.45) is 5.92 Å². The number of aliphatic hydroxyl groups is 1. The minimum Gasteiger partial charge on any atom is -0.393 e. The second-order valence-electron chi connectivity index (χ2n) is 4.79. The van der Waals surface area contributed by atoms with Gasteiger partial charge in [-0.1, -0.05) is 0 Å². The molecule has 1 N–H and O–H groups in total. The largest absolute Gasteiger partial charge is 0.393 e.